The van der Waals surface area contributed by atoms with E-state index in [4.69, 9.17) is 23.2 Å². The van der Waals surface area contributed by atoms with E-state index < -0.39 is 0 Å². The maximum Gasteiger partial charge on any atom is 0.220 e. The smallest absolute Gasteiger partial charge is 0.220 e. The van der Waals surface area contributed by atoms with Gasteiger partial charge in [0, 0.05) is 17.3 Å². The van der Waals surface area contributed by atoms with E-state index in [1.54, 1.807) is 0 Å². The van der Waals surface area contributed by atoms with Crippen molar-refractivity contribution in [3.05, 3.63) is 34.9 Å². The molecule has 0 aliphatic carbocycles. The number of rotatable bonds is 6. The second-order valence-corrected chi connectivity index (χ2v) is 4.80. The molecule has 1 rings (SSSR count). The Hall–Kier alpha value is -0.730. The molecule has 2 nitrogen and oxygen atoms in total. The van der Waals surface area contributed by atoms with Crippen molar-refractivity contribution in [2.75, 3.05) is 5.88 Å². The van der Waals surface area contributed by atoms with Crippen molar-refractivity contribution in [2.24, 2.45) is 0 Å². The van der Waals surface area contributed by atoms with E-state index in [2.05, 4.69) is 5.32 Å². The standard InChI is InChI=1S/C13H17Cl2NO/c1-10(11-5-7-12(15)8-6-11)16-13(17)4-2-3-9-14/h5-8,10H,2-4,9H2,1H3,(H,16,17)/t10-/m1/s1. The highest BCUT2D eigenvalue weighted by Crippen LogP contribution is 2.16. The van der Waals surface area contributed by atoms with Gasteiger partial charge in [-0.2, -0.15) is 0 Å². The quantitative estimate of drug-likeness (QED) is 0.618. The van der Waals surface area contributed by atoms with Gasteiger partial charge in [0.15, 0.2) is 0 Å². The number of carbonyl (C=O) groups excluding carboxylic acids is 1. The lowest BCUT2D eigenvalue weighted by Crippen LogP contribution is -2.26. The zero-order valence-electron chi connectivity index (χ0n) is 9.88. The third-order valence-corrected chi connectivity index (χ3v) is 3.05. The molecule has 1 atom stereocenters. The number of benzene rings is 1. The third kappa shape index (κ3) is 5.42. The molecule has 0 aliphatic rings. The van der Waals surface area contributed by atoms with Gasteiger partial charge in [-0.25, -0.2) is 0 Å². The van der Waals surface area contributed by atoms with Crippen LogP contribution in [-0.4, -0.2) is 11.8 Å². The van der Waals surface area contributed by atoms with Crippen LogP contribution in [0.5, 0.6) is 0 Å². The van der Waals surface area contributed by atoms with Crippen molar-refractivity contribution in [2.45, 2.75) is 32.2 Å². The molecule has 0 spiro atoms. The van der Waals surface area contributed by atoms with Gasteiger partial charge in [-0.05, 0) is 37.5 Å². The van der Waals surface area contributed by atoms with Gasteiger partial charge < -0.3 is 5.32 Å². The summed E-state index contributed by atoms with van der Waals surface area (Å²) in [7, 11) is 0. The van der Waals surface area contributed by atoms with Crippen molar-refractivity contribution in [3.8, 4) is 0 Å². The summed E-state index contributed by atoms with van der Waals surface area (Å²) >= 11 is 11.4. The second-order valence-electron chi connectivity index (χ2n) is 3.99. The van der Waals surface area contributed by atoms with Crippen molar-refractivity contribution >= 4 is 29.1 Å². The summed E-state index contributed by atoms with van der Waals surface area (Å²) < 4.78 is 0. The molecule has 0 heterocycles. The summed E-state index contributed by atoms with van der Waals surface area (Å²) in [5.74, 6) is 0.678. The van der Waals surface area contributed by atoms with Crippen molar-refractivity contribution in [1.29, 1.82) is 0 Å². The first-order valence-corrected chi connectivity index (χ1v) is 6.65. The lowest BCUT2D eigenvalue weighted by atomic mass is 10.1. The first kappa shape index (κ1) is 14.3. The molecule has 4 heteroatoms. The van der Waals surface area contributed by atoms with Crippen LogP contribution >= 0.6 is 23.2 Å². The molecule has 0 saturated heterocycles. The highest BCUT2D eigenvalue weighted by Gasteiger charge is 2.08. The Morgan fingerprint density at radius 1 is 1.29 bits per heavy atom. The molecule has 1 aromatic rings. The molecule has 1 N–H and O–H groups in total. The lowest BCUT2D eigenvalue weighted by molar-refractivity contribution is -0.121. The summed E-state index contributed by atoms with van der Waals surface area (Å²) in [6.07, 6.45) is 2.25. The average molecular weight is 274 g/mol. The summed E-state index contributed by atoms with van der Waals surface area (Å²) in [4.78, 5) is 11.6. The number of unbranched alkanes of at least 4 members (excludes halogenated alkanes) is 1. The van der Waals surface area contributed by atoms with Crippen LogP contribution in [-0.2, 0) is 4.79 Å². The topological polar surface area (TPSA) is 29.1 Å². The summed E-state index contributed by atoms with van der Waals surface area (Å²) in [5.41, 5.74) is 1.06. The van der Waals surface area contributed by atoms with Crippen LogP contribution in [0.4, 0.5) is 0 Å². The largest absolute Gasteiger partial charge is 0.350 e. The summed E-state index contributed by atoms with van der Waals surface area (Å²) in [6.45, 7) is 1.96. The minimum absolute atomic E-state index is 0.00997. The monoisotopic (exact) mass is 273 g/mol. The van der Waals surface area contributed by atoms with E-state index >= 15 is 0 Å². The van der Waals surface area contributed by atoms with Crippen LogP contribution in [0.1, 0.15) is 37.8 Å². The van der Waals surface area contributed by atoms with E-state index in [-0.39, 0.29) is 11.9 Å². The van der Waals surface area contributed by atoms with Crippen LogP contribution in [0, 0.1) is 0 Å². The molecule has 0 aromatic heterocycles. The number of halogens is 2. The Morgan fingerprint density at radius 2 is 1.94 bits per heavy atom. The Bertz CT molecular complexity index is 351. The molecular weight excluding hydrogens is 257 g/mol. The normalized spacial score (nSPS) is 12.2. The van der Waals surface area contributed by atoms with Crippen molar-refractivity contribution in [3.63, 3.8) is 0 Å². The third-order valence-electron chi connectivity index (χ3n) is 2.53. The lowest BCUT2D eigenvalue weighted by Gasteiger charge is -2.14. The van der Waals surface area contributed by atoms with Crippen molar-refractivity contribution in [1.82, 2.24) is 5.32 Å². The summed E-state index contributed by atoms with van der Waals surface area (Å²) in [5, 5.41) is 3.65. The number of alkyl halides is 1. The zero-order valence-corrected chi connectivity index (χ0v) is 11.4. The first-order chi connectivity index (χ1) is 8.13. The number of amides is 1. The Labute approximate surface area is 112 Å². The molecule has 1 amide bonds. The van der Waals surface area contributed by atoms with Gasteiger partial charge in [-0.15, -0.1) is 11.6 Å². The summed E-state index contributed by atoms with van der Waals surface area (Å²) in [6, 6.07) is 7.51. The zero-order chi connectivity index (χ0) is 12.7. The fourth-order valence-electron chi connectivity index (χ4n) is 1.53. The Balaban J connectivity index is 2.40. The molecule has 94 valence electrons. The van der Waals surface area contributed by atoms with Gasteiger partial charge in [0.25, 0.3) is 0 Å². The molecule has 17 heavy (non-hydrogen) atoms. The predicted molar refractivity (Wildman–Crippen MR) is 72.6 cm³/mol. The molecule has 0 radical (unpaired) electrons. The molecule has 1 aromatic carbocycles. The Morgan fingerprint density at radius 3 is 2.53 bits per heavy atom. The minimum Gasteiger partial charge on any atom is -0.350 e. The highest BCUT2D eigenvalue weighted by molar-refractivity contribution is 6.30. The highest BCUT2D eigenvalue weighted by atomic mass is 35.5. The predicted octanol–water partition coefficient (Wildman–Crippen LogP) is 3.93. The van der Waals surface area contributed by atoms with E-state index in [1.807, 2.05) is 31.2 Å². The van der Waals surface area contributed by atoms with Gasteiger partial charge >= 0.3 is 0 Å². The van der Waals surface area contributed by atoms with Crippen LogP contribution in [0.25, 0.3) is 0 Å². The number of hydrogen-bond acceptors (Lipinski definition) is 1. The molecule has 0 aliphatic heterocycles. The maximum absolute atomic E-state index is 11.6. The van der Waals surface area contributed by atoms with E-state index in [9.17, 15) is 4.79 Å². The van der Waals surface area contributed by atoms with Gasteiger partial charge in [0.05, 0.1) is 6.04 Å². The fourth-order valence-corrected chi connectivity index (χ4v) is 1.84. The Kier molecular flexibility index (Phi) is 6.38. The van der Waals surface area contributed by atoms with E-state index in [0.29, 0.717) is 17.3 Å². The van der Waals surface area contributed by atoms with Gasteiger partial charge in [0.2, 0.25) is 5.91 Å². The number of nitrogens with one attached hydrogen (secondary N) is 1. The van der Waals surface area contributed by atoms with Gasteiger partial charge in [-0.3, -0.25) is 4.79 Å². The molecule has 0 fully saturated rings. The van der Waals surface area contributed by atoms with Crippen molar-refractivity contribution < 1.29 is 4.79 Å². The number of hydrogen-bond donors (Lipinski definition) is 1. The van der Waals surface area contributed by atoms with Gasteiger partial charge in [-0.1, -0.05) is 23.7 Å². The molecular formula is C13H17Cl2NO. The molecule has 0 saturated carbocycles. The van der Waals surface area contributed by atoms with Crippen LogP contribution in [0.2, 0.25) is 5.02 Å². The molecule has 0 unspecified atom stereocenters. The SMILES string of the molecule is C[C@@H](NC(=O)CCCCCl)c1ccc(Cl)cc1. The van der Waals surface area contributed by atoms with Crippen LogP contribution in [0.3, 0.4) is 0 Å². The fraction of sp³-hybridized carbons (Fsp3) is 0.462. The van der Waals surface area contributed by atoms with E-state index in [1.165, 1.54) is 0 Å². The van der Waals surface area contributed by atoms with Crippen LogP contribution < -0.4 is 5.32 Å². The van der Waals surface area contributed by atoms with Gasteiger partial charge in [0.1, 0.15) is 0 Å². The average Bonchev–Trinajstić information content (AvgIpc) is 2.30. The minimum atomic E-state index is 0.00997. The first-order valence-electron chi connectivity index (χ1n) is 5.74. The van der Waals surface area contributed by atoms with Crippen LogP contribution in [0.15, 0.2) is 24.3 Å². The molecule has 0 bridgehead atoms. The number of carbonyl (C=O) groups is 1. The maximum atomic E-state index is 11.6. The van der Waals surface area contributed by atoms with E-state index in [0.717, 1.165) is 18.4 Å². The second kappa shape index (κ2) is 7.57.